The van der Waals surface area contributed by atoms with Gasteiger partial charge in [-0.15, -0.1) is 0 Å². The van der Waals surface area contributed by atoms with Crippen LogP contribution in [0.15, 0.2) is 42.5 Å². The van der Waals surface area contributed by atoms with Gasteiger partial charge in [0.2, 0.25) is 5.91 Å². The molecule has 0 spiro atoms. The third-order valence-corrected chi connectivity index (χ3v) is 5.16. The highest BCUT2D eigenvalue weighted by molar-refractivity contribution is 6.04. The van der Waals surface area contributed by atoms with Crippen molar-refractivity contribution in [2.45, 2.75) is 12.8 Å². The van der Waals surface area contributed by atoms with Gasteiger partial charge in [0.05, 0.1) is 5.69 Å². The summed E-state index contributed by atoms with van der Waals surface area (Å²) in [4.78, 5) is 40.7. The molecule has 0 atom stereocenters. The van der Waals surface area contributed by atoms with E-state index >= 15 is 0 Å². The number of rotatable bonds is 6. The van der Waals surface area contributed by atoms with Gasteiger partial charge in [-0.3, -0.25) is 19.3 Å². The molecule has 0 aromatic heterocycles. The van der Waals surface area contributed by atoms with Crippen molar-refractivity contribution in [3.05, 3.63) is 53.8 Å². The summed E-state index contributed by atoms with van der Waals surface area (Å²) < 4.78 is 23.8. The van der Waals surface area contributed by atoms with Crippen LogP contribution in [-0.4, -0.2) is 55.3 Å². The molecule has 0 saturated carbocycles. The van der Waals surface area contributed by atoms with E-state index in [1.54, 1.807) is 23.1 Å². The van der Waals surface area contributed by atoms with Crippen LogP contribution < -0.4 is 14.4 Å². The van der Waals surface area contributed by atoms with E-state index in [9.17, 15) is 18.8 Å². The number of Topliss-reactive ketones (excluding diaryl/α,β-unsaturated/α-hetero) is 1. The average molecular weight is 412 g/mol. The predicted octanol–water partition coefficient (Wildman–Crippen LogP) is 2.44. The van der Waals surface area contributed by atoms with E-state index in [2.05, 4.69) is 0 Å². The Balaban J connectivity index is 1.49. The third kappa shape index (κ3) is 4.27. The fraction of sp³-hybridized carbons (Fsp3) is 0.318. The van der Waals surface area contributed by atoms with Crippen molar-refractivity contribution < 1.29 is 28.2 Å². The van der Waals surface area contributed by atoms with Crippen LogP contribution in [0.1, 0.15) is 23.2 Å². The lowest BCUT2D eigenvalue weighted by Crippen LogP contribution is -2.46. The van der Waals surface area contributed by atoms with E-state index in [0.29, 0.717) is 35.8 Å². The van der Waals surface area contributed by atoms with Gasteiger partial charge < -0.3 is 14.4 Å². The highest BCUT2D eigenvalue weighted by Crippen LogP contribution is 2.33. The van der Waals surface area contributed by atoms with Crippen molar-refractivity contribution in [3.63, 3.8) is 0 Å². The van der Waals surface area contributed by atoms with Crippen molar-refractivity contribution in [2.24, 2.45) is 0 Å². The number of hydrogen-bond acceptors (Lipinski definition) is 5. The molecule has 0 unspecified atom stereocenters. The first kappa shape index (κ1) is 19.9. The second-order valence-electron chi connectivity index (χ2n) is 7.20. The van der Waals surface area contributed by atoms with Gasteiger partial charge in [0, 0.05) is 18.7 Å². The summed E-state index contributed by atoms with van der Waals surface area (Å²) in [6.07, 6.45) is 1.93. The maximum absolute atomic E-state index is 13.0. The van der Waals surface area contributed by atoms with Gasteiger partial charge in [-0.05, 0) is 55.3 Å². The number of nitrogens with zero attached hydrogens (tertiary/aromatic N) is 2. The normalized spacial score (nSPS) is 15.6. The molecule has 2 aliphatic rings. The number of ketones is 1. The molecule has 2 aliphatic heterocycles. The van der Waals surface area contributed by atoms with Gasteiger partial charge in [-0.1, -0.05) is 0 Å². The van der Waals surface area contributed by atoms with Crippen molar-refractivity contribution in [3.8, 4) is 11.5 Å². The molecule has 0 radical (unpaired) electrons. The highest BCUT2D eigenvalue weighted by atomic mass is 19.1. The van der Waals surface area contributed by atoms with Gasteiger partial charge in [0.1, 0.15) is 23.9 Å². The third-order valence-electron chi connectivity index (χ3n) is 5.16. The lowest BCUT2D eigenvalue weighted by molar-refractivity contribution is -0.131. The number of fused-ring (bicyclic) bond motifs is 1. The van der Waals surface area contributed by atoms with Gasteiger partial charge in [0.25, 0.3) is 5.91 Å². The summed E-state index contributed by atoms with van der Waals surface area (Å²) in [6, 6.07) is 10.1. The van der Waals surface area contributed by atoms with E-state index < -0.39 is 5.82 Å². The van der Waals surface area contributed by atoms with Crippen molar-refractivity contribution in [1.82, 2.24) is 4.90 Å². The van der Waals surface area contributed by atoms with Crippen LogP contribution in [0.3, 0.4) is 0 Å². The van der Waals surface area contributed by atoms with Crippen molar-refractivity contribution >= 4 is 23.3 Å². The molecule has 4 rings (SSSR count). The Morgan fingerprint density at radius 3 is 2.53 bits per heavy atom. The fourth-order valence-corrected chi connectivity index (χ4v) is 3.51. The van der Waals surface area contributed by atoms with E-state index in [-0.39, 0.29) is 37.4 Å². The molecule has 0 aliphatic carbocycles. The van der Waals surface area contributed by atoms with Crippen LogP contribution in [-0.2, 0) is 9.59 Å². The molecule has 2 aromatic rings. The molecule has 30 heavy (non-hydrogen) atoms. The minimum atomic E-state index is -0.392. The van der Waals surface area contributed by atoms with E-state index in [4.69, 9.17) is 9.47 Å². The smallest absolute Gasteiger partial charge is 0.265 e. The Hall–Kier alpha value is -3.42. The molecule has 2 amide bonds. The number of anilines is 1. The Bertz CT molecular complexity index is 970. The second-order valence-corrected chi connectivity index (χ2v) is 7.20. The minimum absolute atomic E-state index is 0.0844. The Morgan fingerprint density at radius 2 is 1.80 bits per heavy atom. The van der Waals surface area contributed by atoms with Gasteiger partial charge in [-0.25, -0.2) is 4.39 Å². The lowest BCUT2D eigenvalue weighted by atomic mass is 10.1. The number of carbonyl (C=O) groups excluding carboxylic acids is 3. The number of likely N-dealkylation sites (tertiary alicyclic amines) is 1. The summed E-state index contributed by atoms with van der Waals surface area (Å²) in [5.41, 5.74) is 0.721. The largest absolute Gasteiger partial charge is 0.485 e. The molecule has 2 heterocycles. The van der Waals surface area contributed by atoms with Crippen LogP contribution in [0.4, 0.5) is 10.1 Å². The summed E-state index contributed by atoms with van der Waals surface area (Å²) in [7, 11) is 0. The number of hydrogen-bond donors (Lipinski definition) is 0. The first-order chi connectivity index (χ1) is 14.5. The zero-order valence-corrected chi connectivity index (χ0v) is 16.3. The number of carbonyl (C=O) groups is 3. The molecule has 2 aromatic carbocycles. The Labute approximate surface area is 173 Å². The summed E-state index contributed by atoms with van der Waals surface area (Å²) >= 11 is 0. The van der Waals surface area contributed by atoms with E-state index in [1.807, 2.05) is 0 Å². The number of amides is 2. The summed E-state index contributed by atoms with van der Waals surface area (Å²) in [6.45, 7) is 0.916. The predicted molar refractivity (Wildman–Crippen MR) is 106 cm³/mol. The molecule has 8 heteroatoms. The number of benzene rings is 2. The van der Waals surface area contributed by atoms with E-state index in [1.165, 1.54) is 29.2 Å². The monoisotopic (exact) mass is 412 g/mol. The molecule has 1 fully saturated rings. The van der Waals surface area contributed by atoms with E-state index in [0.717, 1.165) is 12.8 Å². The zero-order valence-electron chi connectivity index (χ0n) is 16.3. The quantitative estimate of drug-likeness (QED) is 0.682. The molecule has 0 bridgehead atoms. The first-order valence-electron chi connectivity index (χ1n) is 9.78. The van der Waals surface area contributed by atoms with Crippen LogP contribution in [0, 0.1) is 5.82 Å². The fourth-order valence-electron chi connectivity index (χ4n) is 3.51. The molecular formula is C22H21FN2O5. The molecular weight excluding hydrogens is 391 g/mol. The van der Waals surface area contributed by atoms with Gasteiger partial charge in [0.15, 0.2) is 19.0 Å². The second kappa shape index (κ2) is 8.52. The molecule has 156 valence electrons. The van der Waals surface area contributed by atoms with Crippen LogP contribution in [0.25, 0.3) is 0 Å². The summed E-state index contributed by atoms with van der Waals surface area (Å²) in [5.74, 6) is -0.339. The highest BCUT2D eigenvalue weighted by Gasteiger charge is 2.30. The van der Waals surface area contributed by atoms with Crippen LogP contribution >= 0.6 is 0 Å². The average Bonchev–Trinajstić information content (AvgIpc) is 3.30. The first-order valence-corrected chi connectivity index (χ1v) is 9.78. The maximum atomic E-state index is 13.0. The maximum Gasteiger partial charge on any atom is 0.265 e. The zero-order chi connectivity index (χ0) is 21.1. The molecule has 1 saturated heterocycles. The minimum Gasteiger partial charge on any atom is -0.485 e. The SMILES string of the molecule is O=C(COc1ccc(F)cc1)c1ccc2c(c1)N(CC(=O)N1CCCC1)C(=O)CO2. The number of ether oxygens (including phenoxy) is 2. The molecule has 0 N–H and O–H groups in total. The van der Waals surface area contributed by atoms with Crippen LogP contribution in [0.2, 0.25) is 0 Å². The Morgan fingerprint density at radius 1 is 1.07 bits per heavy atom. The summed E-state index contributed by atoms with van der Waals surface area (Å²) in [5, 5.41) is 0. The van der Waals surface area contributed by atoms with Crippen molar-refractivity contribution in [1.29, 1.82) is 0 Å². The van der Waals surface area contributed by atoms with Gasteiger partial charge >= 0.3 is 0 Å². The lowest BCUT2D eigenvalue weighted by Gasteiger charge is -2.30. The van der Waals surface area contributed by atoms with Gasteiger partial charge in [-0.2, -0.15) is 0 Å². The topological polar surface area (TPSA) is 76.2 Å². The number of halogens is 1. The van der Waals surface area contributed by atoms with Crippen LogP contribution in [0.5, 0.6) is 11.5 Å². The Kier molecular flexibility index (Phi) is 5.65. The molecule has 7 nitrogen and oxygen atoms in total. The van der Waals surface area contributed by atoms with Crippen molar-refractivity contribution in [2.75, 3.05) is 37.7 Å². The standard InChI is InChI=1S/C22H21FN2O5/c23-16-4-6-17(7-5-16)29-13-19(26)15-3-8-20-18(11-15)25(22(28)14-30-20)12-21(27)24-9-1-2-10-24/h3-8,11H,1-2,9-10,12-14H2.